The van der Waals surface area contributed by atoms with Gasteiger partial charge in [0.1, 0.15) is 0 Å². The van der Waals surface area contributed by atoms with Gasteiger partial charge in [-0.15, -0.1) is 12.4 Å². The fourth-order valence-electron chi connectivity index (χ4n) is 4.48. The SMILES string of the molecule is COC(=O)C1=C(C)NC(C)=C(C(=O)OCCCN2CCCCC2)C1c1ccc([N+](=O)[O-])cc1.Cl. The van der Waals surface area contributed by atoms with Crippen LogP contribution in [0.5, 0.6) is 0 Å². The van der Waals surface area contributed by atoms with Crippen LogP contribution in [0.4, 0.5) is 5.69 Å². The molecule has 34 heavy (non-hydrogen) atoms. The van der Waals surface area contributed by atoms with Crippen molar-refractivity contribution >= 4 is 30.0 Å². The molecule has 0 aromatic heterocycles. The first-order valence-electron chi connectivity index (χ1n) is 11.2. The van der Waals surface area contributed by atoms with Gasteiger partial charge in [-0.05, 0) is 51.8 Å². The number of benzene rings is 1. The summed E-state index contributed by atoms with van der Waals surface area (Å²) >= 11 is 0. The van der Waals surface area contributed by atoms with E-state index in [1.165, 1.54) is 38.5 Å². The summed E-state index contributed by atoms with van der Waals surface area (Å²) in [5.41, 5.74) is 2.20. The highest BCUT2D eigenvalue weighted by molar-refractivity contribution is 5.99. The number of hydrogen-bond donors (Lipinski definition) is 1. The van der Waals surface area contributed by atoms with Gasteiger partial charge in [0.05, 0.1) is 35.7 Å². The van der Waals surface area contributed by atoms with Gasteiger partial charge in [0, 0.05) is 30.1 Å². The summed E-state index contributed by atoms with van der Waals surface area (Å²) in [7, 11) is 1.28. The highest BCUT2D eigenvalue weighted by Gasteiger charge is 2.38. The summed E-state index contributed by atoms with van der Waals surface area (Å²) in [6.07, 6.45) is 4.41. The van der Waals surface area contributed by atoms with Gasteiger partial charge in [0.25, 0.3) is 5.69 Å². The molecule has 186 valence electrons. The molecule has 0 radical (unpaired) electrons. The average molecular weight is 494 g/mol. The monoisotopic (exact) mass is 493 g/mol. The number of methoxy groups -OCH3 is 1. The lowest BCUT2D eigenvalue weighted by molar-refractivity contribution is -0.384. The van der Waals surface area contributed by atoms with Crippen molar-refractivity contribution in [2.75, 3.05) is 33.4 Å². The fraction of sp³-hybridized carbons (Fsp3) is 0.500. The number of halogens is 1. The number of ether oxygens (including phenoxy) is 2. The Labute approximate surface area is 205 Å². The van der Waals surface area contributed by atoms with Crippen LogP contribution in [0.3, 0.4) is 0 Å². The van der Waals surface area contributed by atoms with E-state index in [0.29, 0.717) is 22.5 Å². The van der Waals surface area contributed by atoms with Crippen LogP contribution in [0, 0.1) is 10.1 Å². The van der Waals surface area contributed by atoms with Gasteiger partial charge in [-0.2, -0.15) is 0 Å². The summed E-state index contributed by atoms with van der Waals surface area (Å²) in [4.78, 5) is 38.8. The largest absolute Gasteiger partial charge is 0.466 e. The number of carbonyl (C=O) groups is 2. The van der Waals surface area contributed by atoms with E-state index in [-0.39, 0.29) is 30.3 Å². The number of nitrogens with zero attached hydrogens (tertiary/aromatic N) is 2. The molecule has 2 aliphatic heterocycles. The molecule has 0 bridgehead atoms. The van der Waals surface area contributed by atoms with Crippen molar-refractivity contribution in [1.29, 1.82) is 0 Å². The summed E-state index contributed by atoms with van der Waals surface area (Å²) in [5, 5.41) is 14.2. The van der Waals surface area contributed by atoms with E-state index >= 15 is 0 Å². The molecule has 1 atom stereocenters. The molecule has 1 saturated heterocycles. The van der Waals surface area contributed by atoms with E-state index in [0.717, 1.165) is 26.1 Å². The van der Waals surface area contributed by atoms with Crippen LogP contribution in [0.2, 0.25) is 0 Å². The number of nitrogens with one attached hydrogen (secondary N) is 1. The minimum Gasteiger partial charge on any atom is -0.466 e. The number of allylic oxidation sites excluding steroid dienone is 2. The van der Waals surface area contributed by atoms with Crippen molar-refractivity contribution in [3.05, 3.63) is 62.5 Å². The molecule has 10 heteroatoms. The molecule has 1 unspecified atom stereocenters. The zero-order valence-corrected chi connectivity index (χ0v) is 20.6. The van der Waals surface area contributed by atoms with Gasteiger partial charge in [0.2, 0.25) is 0 Å². The first-order valence-corrected chi connectivity index (χ1v) is 11.2. The van der Waals surface area contributed by atoms with Crippen molar-refractivity contribution in [1.82, 2.24) is 10.2 Å². The zero-order chi connectivity index (χ0) is 24.0. The molecular weight excluding hydrogens is 462 g/mol. The van der Waals surface area contributed by atoms with Gasteiger partial charge in [0.15, 0.2) is 0 Å². The van der Waals surface area contributed by atoms with E-state index in [2.05, 4.69) is 10.2 Å². The molecule has 1 aromatic rings. The van der Waals surface area contributed by atoms with E-state index < -0.39 is 22.8 Å². The Morgan fingerprint density at radius 3 is 2.21 bits per heavy atom. The minimum atomic E-state index is -0.755. The third-order valence-electron chi connectivity index (χ3n) is 6.12. The van der Waals surface area contributed by atoms with Crippen LogP contribution < -0.4 is 5.32 Å². The lowest BCUT2D eigenvalue weighted by atomic mass is 9.80. The van der Waals surface area contributed by atoms with E-state index in [4.69, 9.17) is 9.47 Å². The maximum absolute atomic E-state index is 13.2. The number of hydrogen-bond acceptors (Lipinski definition) is 8. The minimum absolute atomic E-state index is 0. The highest BCUT2D eigenvalue weighted by atomic mass is 35.5. The molecule has 0 saturated carbocycles. The van der Waals surface area contributed by atoms with Crippen LogP contribution >= 0.6 is 12.4 Å². The smallest absolute Gasteiger partial charge is 0.336 e. The van der Waals surface area contributed by atoms with Crippen LogP contribution in [0.15, 0.2) is 46.8 Å². The number of dihydropyridines is 1. The predicted molar refractivity (Wildman–Crippen MR) is 130 cm³/mol. The Morgan fingerprint density at radius 1 is 1.06 bits per heavy atom. The van der Waals surface area contributed by atoms with Crippen LogP contribution in [0.1, 0.15) is 51.0 Å². The molecule has 1 aromatic carbocycles. The number of carbonyl (C=O) groups excluding carboxylic acids is 2. The molecule has 0 amide bonds. The first-order chi connectivity index (χ1) is 15.8. The van der Waals surface area contributed by atoms with Crippen molar-refractivity contribution < 1.29 is 24.0 Å². The number of rotatable bonds is 8. The molecule has 2 aliphatic rings. The number of nitro benzene ring substituents is 1. The Kier molecular flexibility index (Phi) is 10.1. The van der Waals surface area contributed by atoms with E-state index in [1.54, 1.807) is 26.0 Å². The number of nitro groups is 1. The topological polar surface area (TPSA) is 111 Å². The Bertz CT molecular complexity index is 967. The Morgan fingerprint density at radius 2 is 1.65 bits per heavy atom. The van der Waals surface area contributed by atoms with Crippen LogP contribution in [0.25, 0.3) is 0 Å². The molecule has 0 aliphatic carbocycles. The predicted octanol–water partition coefficient (Wildman–Crippen LogP) is 3.84. The van der Waals surface area contributed by atoms with Crippen molar-refractivity contribution in [2.45, 2.75) is 45.4 Å². The third kappa shape index (κ3) is 6.36. The van der Waals surface area contributed by atoms with E-state index in [9.17, 15) is 19.7 Å². The van der Waals surface area contributed by atoms with Crippen LogP contribution in [-0.2, 0) is 19.1 Å². The number of likely N-dealkylation sites (tertiary alicyclic amines) is 1. The second-order valence-corrected chi connectivity index (χ2v) is 8.37. The van der Waals surface area contributed by atoms with Crippen molar-refractivity contribution in [3.63, 3.8) is 0 Å². The quantitative estimate of drug-likeness (QED) is 0.251. The lowest BCUT2D eigenvalue weighted by Gasteiger charge is -2.30. The van der Waals surface area contributed by atoms with Crippen molar-refractivity contribution in [2.24, 2.45) is 0 Å². The third-order valence-corrected chi connectivity index (χ3v) is 6.12. The summed E-state index contributed by atoms with van der Waals surface area (Å²) in [6, 6.07) is 5.83. The molecular formula is C24H32ClN3O6. The van der Waals surface area contributed by atoms with Gasteiger partial charge in [-0.1, -0.05) is 18.6 Å². The normalized spacial score (nSPS) is 18.6. The fourth-order valence-corrected chi connectivity index (χ4v) is 4.48. The molecule has 1 N–H and O–H groups in total. The number of piperidine rings is 1. The van der Waals surface area contributed by atoms with Gasteiger partial charge in [-0.25, -0.2) is 9.59 Å². The summed E-state index contributed by atoms with van der Waals surface area (Å²) in [6.45, 7) is 6.79. The lowest BCUT2D eigenvalue weighted by Crippen LogP contribution is -2.33. The molecule has 3 rings (SSSR count). The second-order valence-electron chi connectivity index (χ2n) is 8.37. The Hall–Kier alpha value is -2.91. The highest BCUT2D eigenvalue weighted by Crippen LogP contribution is 2.39. The molecule has 1 fully saturated rings. The second kappa shape index (κ2) is 12.5. The number of non-ortho nitro benzene ring substituents is 1. The Balaban J connectivity index is 0.00000408. The van der Waals surface area contributed by atoms with Crippen LogP contribution in [-0.4, -0.2) is 55.1 Å². The molecule has 9 nitrogen and oxygen atoms in total. The maximum Gasteiger partial charge on any atom is 0.336 e. The number of esters is 2. The standard InChI is InChI=1S/C24H31N3O6.ClH/c1-16-20(23(28)32-3)22(18-8-10-19(11-9-18)27(30)31)21(17(2)25-16)24(29)33-15-7-14-26-12-5-4-6-13-26;/h8-11,22,25H,4-7,12-15H2,1-3H3;1H. The zero-order valence-electron chi connectivity index (χ0n) is 19.8. The molecule has 0 spiro atoms. The van der Waals surface area contributed by atoms with E-state index in [1.807, 2.05) is 0 Å². The van der Waals surface area contributed by atoms with Crippen molar-refractivity contribution in [3.8, 4) is 0 Å². The first kappa shape index (κ1) is 27.3. The van der Waals surface area contributed by atoms with Gasteiger partial charge < -0.3 is 19.7 Å². The summed E-state index contributed by atoms with van der Waals surface area (Å²) < 4.78 is 10.6. The maximum atomic E-state index is 13.2. The van der Waals surface area contributed by atoms with Gasteiger partial charge >= 0.3 is 11.9 Å². The average Bonchev–Trinajstić information content (AvgIpc) is 2.81. The summed E-state index contributed by atoms with van der Waals surface area (Å²) in [5.74, 6) is -1.85. The molecule has 2 heterocycles. The van der Waals surface area contributed by atoms with Gasteiger partial charge in [-0.3, -0.25) is 10.1 Å².